The summed E-state index contributed by atoms with van der Waals surface area (Å²) in [6, 6.07) is 0. The third kappa shape index (κ3) is 5.64. The van der Waals surface area contributed by atoms with Gasteiger partial charge in [-0.2, -0.15) is 0 Å². The molecular formula is C10H23NO2. The van der Waals surface area contributed by atoms with Crippen molar-refractivity contribution in [1.29, 1.82) is 0 Å². The second-order valence-corrected chi connectivity index (χ2v) is 3.21. The minimum Gasteiger partial charge on any atom is -0.460 e. The quantitative estimate of drug-likeness (QED) is 0.670. The molecule has 1 unspecified atom stereocenters. The molecule has 0 bridgehead atoms. The maximum absolute atomic E-state index is 10.1. The number of hydrogen-bond donors (Lipinski definition) is 1. The van der Waals surface area contributed by atoms with Gasteiger partial charge in [0.2, 0.25) is 0 Å². The van der Waals surface area contributed by atoms with Gasteiger partial charge in [-0.15, -0.1) is 0 Å². The Morgan fingerprint density at radius 2 is 1.92 bits per heavy atom. The summed E-state index contributed by atoms with van der Waals surface area (Å²) in [4.78, 5) is 10.1. The molecular weight excluding hydrogens is 166 g/mol. The van der Waals surface area contributed by atoms with Crippen molar-refractivity contribution in [2.75, 3.05) is 13.6 Å². The van der Waals surface area contributed by atoms with E-state index < -0.39 is 0 Å². The van der Waals surface area contributed by atoms with Crippen LogP contribution in [0.2, 0.25) is 0 Å². The molecule has 0 rings (SSSR count). The Hall–Kier alpha value is -0.570. The average molecular weight is 189 g/mol. The molecule has 0 heterocycles. The van der Waals surface area contributed by atoms with Crippen molar-refractivity contribution in [3.8, 4) is 0 Å². The molecule has 0 saturated carbocycles. The fourth-order valence-corrected chi connectivity index (χ4v) is 0.843. The van der Waals surface area contributed by atoms with Crippen LogP contribution in [-0.2, 0) is 9.53 Å². The molecule has 0 aliphatic heterocycles. The highest BCUT2D eigenvalue weighted by atomic mass is 16.5. The molecule has 13 heavy (non-hydrogen) atoms. The summed E-state index contributed by atoms with van der Waals surface area (Å²) in [5, 5.41) is 2.99. The smallest absolute Gasteiger partial charge is 0.293 e. The fourth-order valence-electron chi connectivity index (χ4n) is 0.843. The molecule has 3 heteroatoms. The molecule has 0 fully saturated rings. The first kappa shape index (κ1) is 14.9. The van der Waals surface area contributed by atoms with Crippen LogP contribution in [0.5, 0.6) is 0 Å². The van der Waals surface area contributed by atoms with Gasteiger partial charge in [0.1, 0.15) is 5.60 Å². The zero-order chi connectivity index (χ0) is 10.9. The summed E-state index contributed by atoms with van der Waals surface area (Å²) in [6.45, 7) is 11.2. The van der Waals surface area contributed by atoms with Gasteiger partial charge >= 0.3 is 0 Å². The third-order valence-corrected chi connectivity index (χ3v) is 2.07. The topological polar surface area (TPSA) is 38.3 Å². The lowest BCUT2D eigenvalue weighted by atomic mass is 9.92. The number of carbonyl (C=O) groups is 1. The Labute approximate surface area is 81.9 Å². The largest absolute Gasteiger partial charge is 0.460 e. The predicted molar refractivity (Wildman–Crippen MR) is 55.7 cm³/mol. The molecule has 0 aromatic carbocycles. The molecule has 80 valence electrons. The number of rotatable bonds is 5. The van der Waals surface area contributed by atoms with Crippen LogP contribution in [0.25, 0.3) is 0 Å². The number of ether oxygens (including phenoxy) is 1. The maximum atomic E-state index is 10.1. The minimum absolute atomic E-state index is 0.320. The van der Waals surface area contributed by atoms with Gasteiger partial charge in [-0.25, -0.2) is 0 Å². The van der Waals surface area contributed by atoms with Crippen molar-refractivity contribution >= 4 is 6.47 Å². The van der Waals surface area contributed by atoms with Crippen molar-refractivity contribution in [2.24, 2.45) is 5.92 Å². The lowest BCUT2D eigenvalue weighted by Gasteiger charge is -2.31. The SMILES string of the molecule is CC.CNCC(C)(OC=O)C(C)C. The van der Waals surface area contributed by atoms with Gasteiger partial charge in [-0.3, -0.25) is 4.79 Å². The number of hydrogen-bond acceptors (Lipinski definition) is 3. The summed E-state index contributed by atoms with van der Waals surface area (Å²) in [6.07, 6.45) is 0. The Morgan fingerprint density at radius 1 is 1.46 bits per heavy atom. The van der Waals surface area contributed by atoms with E-state index in [0.717, 1.165) is 0 Å². The molecule has 0 aromatic heterocycles. The van der Waals surface area contributed by atoms with Crippen molar-refractivity contribution in [1.82, 2.24) is 5.32 Å². The summed E-state index contributed by atoms with van der Waals surface area (Å²) >= 11 is 0. The van der Waals surface area contributed by atoms with Gasteiger partial charge in [0, 0.05) is 6.54 Å². The molecule has 3 nitrogen and oxygen atoms in total. The lowest BCUT2D eigenvalue weighted by molar-refractivity contribution is -0.145. The van der Waals surface area contributed by atoms with E-state index in [1.807, 2.05) is 41.7 Å². The van der Waals surface area contributed by atoms with Gasteiger partial charge in [-0.1, -0.05) is 27.7 Å². The normalized spacial score (nSPS) is 14.1. The number of likely N-dealkylation sites (N-methyl/N-ethyl adjacent to an activating group) is 1. The summed E-state index contributed by atoms with van der Waals surface area (Å²) in [7, 11) is 1.84. The van der Waals surface area contributed by atoms with Crippen LogP contribution in [0.15, 0.2) is 0 Å². The Morgan fingerprint density at radius 3 is 2.15 bits per heavy atom. The highest BCUT2D eigenvalue weighted by molar-refractivity contribution is 5.38. The van der Waals surface area contributed by atoms with E-state index in [2.05, 4.69) is 5.32 Å². The first-order valence-electron chi connectivity index (χ1n) is 4.83. The van der Waals surface area contributed by atoms with Crippen LogP contribution >= 0.6 is 0 Å². The first-order chi connectivity index (χ1) is 6.06. The highest BCUT2D eigenvalue weighted by Crippen LogP contribution is 2.19. The summed E-state index contributed by atoms with van der Waals surface area (Å²) in [5.74, 6) is 0.320. The van der Waals surface area contributed by atoms with Crippen LogP contribution in [-0.4, -0.2) is 25.7 Å². The zero-order valence-electron chi connectivity index (χ0n) is 9.68. The van der Waals surface area contributed by atoms with Crippen LogP contribution in [0.1, 0.15) is 34.6 Å². The van der Waals surface area contributed by atoms with Crippen LogP contribution < -0.4 is 5.32 Å². The van der Waals surface area contributed by atoms with Gasteiger partial charge < -0.3 is 10.1 Å². The molecule has 0 amide bonds. The van der Waals surface area contributed by atoms with Gasteiger partial charge in [0.05, 0.1) is 0 Å². The standard InChI is InChI=1S/C8H17NO2.C2H6/c1-7(2)8(3,5-9-4)11-6-10;1-2/h6-7,9H,5H2,1-4H3;1-2H3. The molecule has 0 aliphatic rings. The maximum Gasteiger partial charge on any atom is 0.293 e. The first-order valence-corrected chi connectivity index (χ1v) is 4.83. The Bertz CT molecular complexity index is 126. The fraction of sp³-hybridized carbons (Fsp3) is 0.900. The Balaban J connectivity index is 0. The van der Waals surface area contributed by atoms with E-state index in [9.17, 15) is 4.79 Å². The van der Waals surface area contributed by atoms with Crippen LogP contribution in [0.3, 0.4) is 0 Å². The predicted octanol–water partition coefficient (Wildman–Crippen LogP) is 1.82. The second kappa shape index (κ2) is 8.05. The number of carbonyl (C=O) groups excluding carboxylic acids is 1. The van der Waals surface area contributed by atoms with Crippen LogP contribution in [0, 0.1) is 5.92 Å². The number of nitrogens with one attached hydrogen (secondary N) is 1. The monoisotopic (exact) mass is 189 g/mol. The average Bonchev–Trinajstić information content (AvgIpc) is 2.08. The third-order valence-electron chi connectivity index (χ3n) is 2.07. The molecule has 0 aliphatic carbocycles. The van der Waals surface area contributed by atoms with Crippen molar-refractivity contribution in [3.05, 3.63) is 0 Å². The minimum atomic E-state index is -0.378. The van der Waals surface area contributed by atoms with Crippen molar-refractivity contribution < 1.29 is 9.53 Å². The van der Waals surface area contributed by atoms with E-state index in [-0.39, 0.29) is 5.60 Å². The van der Waals surface area contributed by atoms with Crippen LogP contribution in [0.4, 0.5) is 0 Å². The molecule has 0 aromatic rings. The van der Waals surface area contributed by atoms with Crippen molar-refractivity contribution in [2.45, 2.75) is 40.2 Å². The zero-order valence-corrected chi connectivity index (χ0v) is 9.68. The van der Waals surface area contributed by atoms with E-state index in [1.54, 1.807) is 0 Å². The summed E-state index contributed by atoms with van der Waals surface area (Å²) in [5.41, 5.74) is -0.378. The van der Waals surface area contributed by atoms with Gasteiger partial charge in [0.25, 0.3) is 6.47 Å². The van der Waals surface area contributed by atoms with E-state index >= 15 is 0 Å². The lowest BCUT2D eigenvalue weighted by Crippen LogP contribution is -2.43. The molecule has 0 saturated heterocycles. The van der Waals surface area contributed by atoms with Gasteiger partial charge in [0.15, 0.2) is 0 Å². The highest BCUT2D eigenvalue weighted by Gasteiger charge is 2.28. The molecule has 0 radical (unpaired) electrons. The van der Waals surface area contributed by atoms with Gasteiger partial charge in [-0.05, 0) is 19.9 Å². The molecule has 0 spiro atoms. The summed E-state index contributed by atoms with van der Waals surface area (Å²) < 4.78 is 4.99. The molecule has 1 atom stereocenters. The Kier molecular flexibility index (Phi) is 9.24. The van der Waals surface area contributed by atoms with E-state index in [1.165, 1.54) is 0 Å². The van der Waals surface area contributed by atoms with E-state index in [4.69, 9.17) is 4.74 Å². The second-order valence-electron chi connectivity index (χ2n) is 3.21. The van der Waals surface area contributed by atoms with E-state index in [0.29, 0.717) is 18.9 Å². The molecule has 1 N–H and O–H groups in total. The van der Waals surface area contributed by atoms with Crippen molar-refractivity contribution in [3.63, 3.8) is 0 Å².